The van der Waals surface area contributed by atoms with Crippen molar-refractivity contribution in [2.45, 2.75) is 6.10 Å². The molecule has 1 saturated heterocycles. The van der Waals surface area contributed by atoms with Crippen LogP contribution >= 0.6 is 0 Å². The van der Waals surface area contributed by atoms with E-state index in [0.29, 0.717) is 37.0 Å². The molecule has 3 heterocycles. The van der Waals surface area contributed by atoms with Crippen LogP contribution in [0.1, 0.15) is 11.9 Å². The summed E-state index contributed by atoms with van der Waals surface area (Å²) in [7, 11) is 0. The SMILES string of the molecule is O=C(Nc1cccc(Oc2ccccn2)c1)N1CCOC(c2ccco2)C1. The number of urea groups is 1. The molecule has 1 N–H and O–H groups in total. The minimum absolute atomic E-state index is 0.190. The fourth-order valence-electron chi connectivity index (χ4n) is 2.85. The molecule has 3 aromatic rings. The van der Waals surface area contributed by atoms with Crippen molar-refractivity contribution >= 4 is 11.7 Å². The molecule has 0 bridgehead atoms. The lowest BCUT2D eigenvalue weighted by Crippen LogP contribution is -2.44. The van der Waals surface area contributed by atoms with E-state index in [1.54, 1.807) is 29.5 Å². The summed E-state index contributed by atoms with van der Waals surface area (Å²) in [6, 6.07) is 16.1. The molecule has 4 rings (SSSR count). The first kappa shape index (κ1) is 17.1. The van der Waals surface area contributed by atoms with Crippen LogP contribution in [0.3, 0.4) is 0 Å². The van der Waals surface area contributed by atoms with Crippen LogP contribution in [0.5, 0.6) is 11.6 Å². The fourth-order valence-corrected chi connectivity index (χ4v) is 2.85. The number of hydrogen-bond donors (Lipinski definition) is 1. The largest absolute Gasteiger partial charge is 0.467 e. The highest BCUT2D eigenvalue weighted by Crippen LogP contribution is 2.25. The average molecular weight is 365 g/mol. The second-order valence-electron chi connectivity index (χ2n) is 6.05. The molecule has 0 spiro atoms. The highest BCUT2D eigenvalue weighted by atomic mass is 16.5. The molecule has 27 heavy (non-hydrogen) atoms. The lowest BCUT2D eigenvalue weighted by atomic mass is 10.2. The normalized spacial score (nSPS) is 16.7. The first-order valence-electron chi connectivity index (χ1n) is 8.68. The molecule has 0 saturated carbocycles. The summed E-state index contributed by atoms with van der Waals surface area (Å²) in [6.07, 6.45) is 3.01. The zero-order valence-corrected chi connectivity index (χ0v) is 14.6. The Labute approximate surface area is 156 Å². The molecule has 1 aliphatic rings. The minimum Gasteiger partial charge on any atom is -0.467 e. The predicted octanol–water partition coefficient (Wildman–Crippen LogP) is 4.07. The molecule has 138 valence electrons. The van der Waals surface area contributed by atoms with Gasteiger partial charge in [-0.1, -0.05) is 12.1 Å². The van der Waals surface area contributed by atoms with Gasteiger partial charge in [0.2, 0.25) is 5.88 Å². The van der Waals surface area contributed by atoms with Crippen molar-refractivity contribution in [3.8, 4) is 11.6 Å². The van der Waals surface area contributed by atoms with Gasteiger partial charge in [-0.05, 0) is 30.3 Å². The van der Waals surface area contributed by atoms with E-state index in [9.17, 15) is 4.79 Å². The summed E-state index contributed by atoms with van der Waals surface area (Å²) >= 11 is 0. The van der Waals surface area contributed by atoms with E-state index in [-0.39, 0.29) is 12.1 Å². The number of benzene rings is 1. The number of anilines is 1. The predicted molar refractivity (Wildman–Crippen MR) is 98.7 cm³/mol. The number of nitrogens with one attached hydrogen (secondary N) is 1. The molecule has 0 radical (unpaired) electrons. The number of rotatable bonds is 4. The summed E-state index contributed by atoms with van der Waals surface area (Å²) < 4.78 is 16.8. The lowest BCUT2D eigenvalue weighted by molar-refractivity contribution is -0.0242. The second kappa shape index (κ2) is 7.92. The maximum absolute atomic E-state index is 12.6. The lowest BCUT2D eigenvalue weighted by Gasteiger charge is -2.32. The number of nitrogens with zero attached hydrogens (tertiary/aromatic N) is 2. The summed E-state index contributed by atoms with van der Waals surface area (Å²) in [6.45, 7) is 1.41. The topological polar surface area (TPSA) is 76.8 Å². The number of ether oxygens (including phenoxy) is 2. The van der Waals surface area contributed by atoms with Crippen molar-refractivity contribution < 1.29 is 18.7 Å². The van der Waals surface area contributed by atoms with Crippen LogP contribution < -0.4 is 10.1 Å². The number of carbonyl (C=O) groups excluding carboxylic acids is 1. The smallest absolute Gasteiger partial charge is 0.322 e. The molecular weight excluding hydrogens is 346 g/mol. The number of amides is 2. The van der Waals surface area contributed by atoms with E-state index in [2.05, 4.69) is 10.3 Å². The average Bonchev–Trinajstić information content (AvgIpc) is 3.24. The van der Waals surface area contributed by atoms with E-state index < -0.39 is 0 Å². The highest BCUT2D eigenvalue weighted by molar-refractivity contribution is 5.89. The van der Waals surface area contributed by atoms with Gasteiger partial charge in [-0.15, -0.1) is 0 Å². The fraction of sp³-hybridized carbons (Fsp3) is 0.200. The molecule has 1 unspecified atom stereocenters. The van der Waals surface area contributed by atoms with Gasteiger partial charge in [0.05, 0.1) is 19.4 Å². The Morgan fingerprint density at radius 1 is 1.19 bits per heavy atom. The van der Waals surface area contributed by atoms with Crippen LogP contribution in [0.25, 0.3) is 0 Å². The van der Waals surface area contributed by atoms with Crippen LogP contribution in [0.2, 0.25) is 0 Å². The monoisotopic (exact) mass is 365 g/mol. The van der Waals surface area contributed by atoms with Gasteiger partial charge >= 0.3 is 6.03 Å². The number of pyridine rings is 1. The molecule has 0 aliphatic carbocycles. The van der Waals surface area contributed by atoms with Gasteiger partial charge in [-0.25, -0.2) is 9.78 Å². The first-order chi connectivity index (χ1) is 13.3. The van der Waals surface area contributed by atoms with Crippen molar-refractivity contribution in [3.63, 3.8) is 0 Å². The maximum atomic E-state index is 12.6. The van der Waals surface area contributed by atoms with Crippen LogP contribution in [-0.4, -0.2) is 35.6 Å². The third kappa shape index (κ3) is 4.27. The van der Waals surface area contributed by atoms with Crippen LogP contribution in [-0.2, 0) is 4.74 Å². The first-order valence-corrected chi connectivity index (χ1v) is 8.68. The third-order valence-electron chi connectivity index (χ3n) is 4.16. The second-order valence-corrected chi connectivity index (χ2v) is 6.05. The van der Waals surface area contributed by atoms with E-state index in [0.717, 1.165) is 5.76 Å². The standard InChI is InChI=1S/C20H19N3O4/c24-20(23-10-12-26-18(14-23)17-7-4-11-25-17)22-15-5-3-6-16(13-15)27-19-8-1-2-9-21-19/h1-9,11,13,18H,10,12,14H2,(H,22,24). The highest BCUT2D eigenvalue weighted by Gasteiger charge is 2.27. The van der Waals surface area contributed by atoms with Crippen molar-refractivity contribution in [2.75, 3.05) is 25.0 Å². The Morgan fingerprint density at radius 2 is 2.15 bits per heavy atom. The Balaban J connectivity index is 1.40. The Kier molecular flexibility index (Phi) is 5.02. The van der Waals surface area contributed by atoms with Crippen molar-refractivity contribution in [1.82, 2.24) is 9.88 Å². The molecule has 1 atom stereocenters. The third-order valence-corrected chi connectivity index (χ3v) is 4.16. The van der Waals surface area contributed by atoms with Gasteiger partial charge in [-0.2, -0.15) is 0 Å². The zero-order valence-electron chi connectivity index (χ0n) is 14.6. The number of furan rings is 1. The molecule has 7 nitrogen and oxygen atoms in total. The summed E-state index contributed by atoms with van der Waals surface area (Å²) in [5, 5.41) is 2.90. The Hall–Kier alpha value is -3.32. The van der Waals surface area contributed by atoms with Crippen LogP contribution in [0.4, 0.5) is 10.5 Å². The van der Waals surface area contributed by atoms with E-state index in [1.807, 2.05) is 42.5 Å². The van der Waals surface area contributed by atoms with Crippen LogP contribution in [0.15, 0.2) is 71.5 Å². The van der Waals surface area contributed by atoms with Gasteiger partial charge < -0.3 is 24.1 Å². The number of hydrogen-bond acceptors (Lipinski definition) is 5. The van der Waals surface area contributed by atoms with Crippen molar-refractivity contribution in [3.05, 3.63) is 72.8 Å². The summed E-state index contributed by atoms with van der Waals surface area (Å²) in [4.78, 5) is 18.5. The van der Waals surface area contributed by atoms with Crippen LogP contribution in [0, 0.1) is 0 Å². The molecule has 2 amide bonds. The Morgan fingerprint density at radius 3 is 2.96 bits per heavy atom. The molecule has 1 fully saturated rings. The molecular formula is C20H19N3O4. The summed E-state index contributed by atoms with van der Waals surface area (Å²) in [5.41, 5.74) is 0.648. The minimum atomic E-state index is -0.252. The van der Waals surface area contributed by atoms with Gasteiger partial charge in [0.15, 0.2) is 0 Å². The number of aromatic nitrogens is 1. The van der Waals surface area contributed by atoms with Gasteiger partial charge in [0.25, 0.3) is 0 Å². The number of morpholine rings is 1. The van der Waals surface area contributed by atoms with Crippen molar-refractivity contribution in [2.24, 2.45) is 0 Å². The van der Waals surface area contributed by atoms with Gasteiger partial charge in [0.1, 0.15) is 17.6 Å². The van der Waals surface area contributed by atoms with Crippen molar-refractivity contribution in [1.29, 1.82) is 0 Å². The van der Waals surface area contributed by atoms with E-state index >= 15 is 0 Å². The van der Waals surface area contributed by atoms with E-state index in [1.165, 1.54) is 0 Å². The zero-order chi connectivity index (χ0) is 18.5. The van der Waals surface area contributed by atoms with E-state index in [4.69, 9.17) is 13.9 Å². The Bertz CT molecular complexity index is 883. The van der Waals surface area contributed by atoms with Gasteiger partial charge in [0, 0.05) is 30.6 Å². The molecule has 2 aromatic heterocycles. The molecule has 7 heteroatoms. The van der Waals surface area contributed by atoms with Gasteiger partial charge in [-0.3, -0.25) is 0 Å². The molecule has 1 aromatic carbocycles. The maximum Gasteiger partial charge on any atom is 0.322 e. The summed E-state index contributed by atoms with van der Waals surface area (Å²) in [5.74, 6) is 1.82. The number of carbonyl (C=O) groups is 1. The quantitative estimate of drug-likeness (QED) is 0.754. The molecule has 1 aliphatic heterocycles.